The van der Waals surface area contributed by atoms with E-state index in [2.05, 4.69) is 43.2 Å². The summed E-state index contributed by atoms with van der Waals surface area (Å²) < 4.78 is 8.22. The normalized spacial score (nSPS) is 11.6. The first-order chi connectivity index (χ1) is 14.6. The molecule has 5 nitrogen and oxygen atoms in total. The summed E-state index contributed by atoms with van der Waals surface area (Å²) in [6.45, 7) is 7.35. The molecule has 0 bridgehead atoms. The molecule has 0 saturated heterocycles. The molecular weight excluding hydrogens is 481 g/mol. The van der Waals surface area contributed by atoms with Gasteiger partial charge in [-0.05, 0) is 0 Å². The van der Waals surface area contributed by atoms with Gasteiger partial charge in [-0.3, -0.25) is 0 Å². The molecule has 2 aromatic rings. The molecule has 1 aromatic heterocycles. The number of benzene rings is 1. The van der Waals surface area contributed by atoms with Crippen molar-refractivity contribution in [2.24, 2.45) is 0 Å². The van der Waals surface area contributed by atoms with Crippen molar-refractivity contribution >= 4 is 30.8 Å². The zero-order chi connectivity index (χ0) is 21.8. The Hall–Kier alpha value is -1.37. The minimum atomic E-state index is -1.17. The van der Waals surface area contributed by atoms with E-state index in [0.717, 1.165) is 9.27 Å². The monoisotopic (exact) mass is 519 g/mol. The van der Waals surface area contributed by atoms with Gasteiger partial charge in [0.2, 0.25) is 0 Å². The van der Waals surface area contributed by atoms with Crippen LogP contribution in [0.3, 0.4) is 0 Å². The van der Waals surface area contributed by atoms with Crippen LogP contribution in [0.25, 0.3) is 0 Å². The molecule has 1 heterocycles. The van der Waals surface area contributed by atoms with E-state index >= 15 is 0 Å². The number of carbonyl (C=O) groups is 1. The molecule has 0 atom stereocenters. The first-order valence-corrected chi connectivity index (χ1v) is 14.3. The molecule has 0 fully saturated rings. The van der Waals surface area contributed by atoms with Gasteiger partial charge in [-0.1, -0.05) is 0 Å². The third kappa shape index (κ3) is 7.10. The average molecular weight is 518 g/mol. The summed E-state index contributed by atoms with van der Waals surface area (Å²) in [6.07, 6.45) is 11.1. The first-order valence-electron chi connectivity index (χ1n) is 11.4. The Bertz CT molecular complexity index is 739. The van der Waals surface area contributed by atoms with Crippen molar-refractivity contribution < 1.29 is 9.53 Å². The van der Waals surface area contributed by atoms with Crippen molar-refractivity contribution in [1.82, 2.24) is 15.0 Å². The van der Waals surface area contributed by atoms with Crippen molar-refractivity contribution in [3.05, 3.63) is 41.6 Å². The van der Waals surface area contributed by atoms with Crippen LogP contribution in [0.2, 0.25) is 3.43 Å². The Kier molecular flexibility index (Phi) is 10.9. The van der Waals surface area contributed by atoms with E-state index in [9.17, 15) is 4.79 Å². The summed E-state index contributed by atoms with van der Waals surface area (Å²) in [5, 5.41) is 8.99. The minimum absolute atomic E-state index is 0.304. The number of rotatable bonds is 14. The van der Waals surface area contributed by atoms with Gasteiger partial charge in [-0.2, -0.15) is 0 Å². The molecule has 30 heavy (non-hydrogen) atoms. The number of ether oxygens (including phenoxy) is 1. The van der Waals surface area contributed by atoms with Crippen LogP contribution >= 0.6 is 0 Å². The fraction of sp³-hybridized carbons (Fsp3) is 0.625. The molecule has 0 unspecified atom stereocenters. The Morgan fingerprint density at radius 3 is 2.07 bits per heavy atom. The van der Waals surface area contributed by atoms with Crippen molar-refractivity contribution in [3.63, 3.8) is 0 Å². The average Bonchev–Trinajstić information content (AvgIpc) is 3.16. The SMILES string of the molecule is CCCC[C](CCCC)(CCCC)[Sn][c]1nnn(Cc2ccccc2)c1C(=O)OC. The number of esters is 1. The predicted molar refractivity (Wildman–Crippen MR) is 124 cm³/mol. The Labute approximate surface area is 192 Å². The zero-order valence-corrected chi connectivity index (χ0v) is 22.0. The second-order valence-corrected chi connectivity index (χ2v) is 13.2. The number of nitrogens with zero attached hydrogens (tertiary/aromatic N) is 3. The van der Waals surface area contributed by atoms with Gasteiger partial charge >= 0.3 is 193 Å². The van der Waals surface area contributed by atoms with Gasteiger partial charge in [-0.25, -0.2) is 0 Å². The third-order valence-corrected chi connectivity index (χ3v) is 11.0. The predicted octanol–water partition coefficient (Wildman–Crippen LogP) is 5.17. The van der Waals surface area contributed by atoms with Crippen molar-refractivity contribution in [2.75, 3.05) is 7.11 Å². The molecule has 164 valence electrons. The van der Waals surface area contributed by atoms with Crippen molar-refractivity contribution in [1.29, 1.82) is 0 Å². The molecule has 1 aromatic carbocycles. The van der Waals surface area contributed by atoms with E-state index in [-0.39, 0.29) is 5.97 Å². The molecule has 6 heteroatoms. The van der Waals surface area contributed by atoms with E-state index in [1.165, 1.54) is 64.9 Å². The summed E-state index contributed by atoms with van der Waals surface area (Å²) in [5.41, 5.74) is 1.69. The van der Waals surface area contributed by atoms with Gasteiger partial charge in [0.1, 0.15) is 0 Å². The fourth-order valence-corrected chi connectivity index (χ4v) is 9.21. The van der Waals surface area contributed by atoms with Crippen molar-refractivity contribution in [2.45, 2.75) is 88.5 Å². The van der Waals surface area contributed by atoms with Gasteiger partial charge < -0.3 is 0 Å². The van der Waals surface area contributed by atoms with Crippen LogP contribution in [0, 0.1) is 0 Å². The molecule has 0 aliphatic rings. The van der Waals surface area contributed by atoms with E-state index in [1.54, 1.807) is 4.68 Å². The number of hydrogen-bond acceptors (Lipinski definition) is 4. The van der Waals surface area contributed by atoms with Crippen LogP contribution in [0.15, 0.2) is 30.3 Å². The van der Waals surface area contributed by atoms with Gasteiger partial charge in [0.25, 0.3) is 0 Å². The second kappa shape index (κ2) is 13.1. The van der Waals surface area contributed by atoms with Gasteiger partial charge in [0.15, 0.2) is 0 Å². The first kappa shape index (κ1) is 24.9. The summed E-state index contributed by atoms with van der Waals surface area (Å²) >= 11 is -1.17. The number of aromatic nitrogens is 3. The van der Waals surface area contributed by atoms with E-state index in [4.69, 9.17) is 4.74 Å². The van der Waals surface area contributed by atoms with Crippen LogP contribution in [-0.2, 0) is 11.3 Å². The van der Waals surface area contributed by atoms with Crippen LogP contribution in [0.1, 0.15) is 94.6 Å². The summed E-state index contributed by atoms with van der Waals surface area (Å²) in [6, 6.07) is 10.1. The van der Waals surface area contributed by atoms with E-state index in [1.807, 2.05) is 18.2 Å². The molecule has 0 aliphatic carbocycles. The van der Waals surface area contributed by atoms with Crippen LogP contribution < -0.4 is 3.71 Å². The molecule has 0 spiro atoms. The van der Waals surface area contributed by atoms with Crippen molar-refractivity contribution in [3.8, 4) is 0 Å². The zero-order valence-electron chi connectivity index (χ0n) is 19.1. The van der Waals surface area contributed by atoms with E-state index < -0.39 is 21.1 Å². The summed E-state index contributed by atoms with van der Waals surface area (Å²) in [5.74, 6) is -0.304. The Morgan fingerprint density at radius 1 is 1.00 bits per heavy atom. The molecular formula is C24H37N3O2Sn. The molecule has 2 rings (SSSR count). The molecule has 2 radical (unpaired) electrons. The quantitative estimate of drug-likeness (QED) is 0.256. The third-order valence-electron chi connectivity index (χ3n) is 5.70. The summed E-state index contributed by atoms with van der Waals surface area (Å²) in [4.78, 5) is 12.7. The Morgan fingerprint density at radius 2 is 1.57 bits per heavy atom. The van der Waals surface area contributed by atoms with Gasteiger partial charge in [0, 0.05) is 0 Å². The van der Waals surface area contributed by atoms with Crippen LogP contribution in [-0.4, -0.2) is 49.2 Å². The maximum atomic E-state index is 12.7. The number of methoxy groups -OCH3 is 1. The Balaban J connectivity index is 2.38. The molecule has 0 N–H and O–H groups in total. The maximum absolute atomic E-state index is 12.7. The summed E-state index contributed by atoms with van der Waals surface area (Å²) in [7, 11) is 1.45. The standard InChI is InChI=1S/C13H27.C11H10N3O2.Sn/c1-4-7-10-13(11-8-5-2)12-9-6-3;1-16-11(15)10-7-12-13-14(10)8-9-5-3-2-4-6-9;/h4-12H2,1-3H3;2-6H,8H2,1H3;. The van der Waals surface area contributed by atoms with Crippen LogP contribution in [0.4, 0.5) is 0 Å². The number of carbonyl (C=O) groups excluding carboxylic acids is 1. The van der Waals surface area contributed by atoms with E-state index in [0.29, 0.717) is 15.7 Å². The van der Waals surface area contributed by atoms with Crippen LogP contribution in [0.5, 0.6) is 0 Å². The fourth-order valence-electron chi connectivity index (χ4n) is 3.92. The second-order valence-electron chi connectivity index (χ2n) is 8.14. The number of hydrogen-bond donors (Lipinski definition) is 0. The topological polar surface area (TPSA) is 57.0 Å². The van der Waals surface area contributed by atoms with Gasteiger partial charge in [0.05, 0.1) is 0 Å². The molecule has 0 aliphatic heterocycles. The number of unbranched alkanes of at least 4 members (excludes halogenated alkanes) is 3. The van der Waals surface area contributed by atoms with Gasteiger partial charge in [-0.15, -0.1) is 0 Å². The molecule has 0 saturated carbocycles. The molecule has 0 amide bonds.